The number of hydrogen-bond acceptors (Lipinski definition) is 3. The van der Waals surface area contributed by atoms with Gasteiger partial charge in [0.1, 0.15) is 11.2 Å². The predicted octanol–water partition coefficient (Wildman–Crippen LogP) is 3.27. The van der Waals surface area contributed by atoms with Crippen LogP contribution in [0.4, 0.5) is 13.2 Å². The quantitative estimate of drug-likeness (QED) is 0.780. The van der Waals surface area contributed by atoms with Gasteiger partial charge in [0, 0.05) is 18.1 Å². The first-order valence-corrected chi connectivity index (χ1v) is 8.87. The molecule has 1 aromatic carbocycles. The zero-order valence-corrected chi connectivity index (χ0v) is 14.8. The van der Waals surface area contributed by atoms with E-state index in [0.29, 0.717) is 6.07 Å². The van der Waals surface area contributed by atoms with Gasteiger partial charge in [-0.25, -0.2) is 8.42 Å². The van der Waals surface area contributed by atoms with Crippen LogP contribution in [0.1, 0.15) is 11.6 Å². The van der Waals surface area contributed by atoms with Crippen LogP contribution in [0.5, 0.6) is 0 Å². The number of pyridine rings is 1. The van der Waals surface area contributed by atoms with Crippen LogP contribution < -0.4 is 10.3 Å². The Labute approximate surface area is 151 Å². The van der Waals surface area contributed by atoms with Crippen molar-refractivity contribution in [3.8, 4) is 0 Å². The summed E-state index contributed by atoms with van der Waals surface area (Å²) in [7, 11) is -3.37. The summed E-state index contributed by atoms with van der Waals surface area (Å²) in [4.78, 5) is 11.0. The molecule has 0 aliphatic rings. The summed E-state index contributed by atoms with van der Waals surface area (Å²) in [6.45, 7) is 0. The Morgan fingerprint density at radius 3 is 2.16 bits per heavy atom. The van der Waals surface area contributed by atoms with Crippen molar-refractivity contribution in [2.45, 2.75) is 17.1 Å². The van der Waals surface area contributed by atoms with E-state index in [0.717, 1.165) is 22.8 Å². The van der Waals surface area contributed by atoms with Gasteiger partial charge >= 0.3 is 6.18 Å². The lowest BCUT2D eigenvalue weighted by molar-refractivity contribution is -0.153. The molecular weight excluding hydrogens is 404 g/mol. The van der Waals surface area contributed by atoms with Crippen LogP contribution in [0.2, 0.25) is 10.2 Å². The molecule has 0 radical (unpaired) electrons. The lowest BCUT2D eigenvalue weighted by atomic mass is 10.1. The second-order valence-electron chi connectivity index (χ2n) is 5.06. The Morgan fingerprint density at radius 2 is 1.68 bits per heavy atom. The first-order chi connectivity index (χ1) is 11.4. The SMILES string of the molecule is Cn1c(Cl)cc(S(=O)(=O)NC(c2ccc(Cl)cc2)C(F)(F)F)cc1=O. The third-order valence-corrected chi connectivity index (χ3v) is 5.31. The average Bonchev–Trinajstić information content (AvgIpc) is 2.50. The fourth-order valence-corrected chi connectivity index (χ4v) is 3.57. The molecule has 0 aliphatic heterocycles. The van der Waals surface area contributed by atoms with Crippen LogP contribution in [0, 0.1) is 0 Å². The second-order valence-corrected chi connectivity index (χ2v) is 7.60. The van der Waals surface area contributed by atoms with Gasteiger partial charge in [0.05, 0.1) is 4.90 Å². The summed E-state index contributed by atoms with van der Waals surface area (Å²) in [6, 6.07) is 3.58. The first-order valence-electron chi connectivity index (χ1n) is 6.63. The van der Waals surface area contributed by atoms with E-state index in [4.69, 9.17) is 23.2 Å². The zero-order chi connectivity index (χ0) is 19.0. The smallest absolute Gasteiger partial charge is 0.302 e. The van der Waals surface area contributed by atoms with E-state index in [1.807, 2.05) is 0 Å². The van der Waals surface area contributed by atoms with Gasteiger partial charge < -0.3 is 4.57 Å². The molecule has 0 saturated heterocycles. The van der Waals surface area contributed by atoms with Crippen molar-refractivity contribution >= 4 is 33.2 Å². The molecule has 2 rings (SSSR count). The van der Waals surface area contributed by atoms with Gasteiger partial charge in [-0.3, -0.25) is 4.79 Å². The molecule has 136 valence electrons. The highest BCUT2D eigenvalue weighted by Gasteiger charge is 2.43. The molecule has 1 heterocycles. The van der Waals surface area contributed by atoms with E-state index in [2.05, 4.69) is 0 Å². The summed E-state index contributed by atoms with van der Waals surface area (Å²) < 4.78 is 67.1. The molecule has 0 aliphatic carbocycles. The largest absolute Gasteiger partial charge is 0.408 e. The van der Waals surface area contributed by atoms with Gasteiger partial charge in [0.25, 0.3) is 5.56 Å². The third-order valence-electron chi connectivity index (χ3n) is 3.29. The van der Waals surface area contributed by atoms with Crippen LogP contribution in [0.25, 0.3) is 0 Å². The van der Waals surface area contributed by atoms with Crippen LogP contribution in [-0.4, -0.2) is 19.2 Å². The van der Waals surface area contributed by atoms with Crippen molar-refractivity contribution in [2.24, 2.45) is 7.05 Å². The lowest BCUT2D eigenvalue weighted by Crippen LogP contribution is -2.38. The van der Waals surface area contributed by atoms with Crippen molar-refractivity contribution in [1.82, 2.24) is 9.29 Å². The fraction of sp³-hybridized carbons (Fsp3) is 0.214. The molecule has 1 unspecified atom stereocenters. The molecular formula is C14H11Cl2F3N2O3S. The first kappa shape index (κ1) is 19.8. The second kappa shape index (κ2) is 6.99. The van der Waals surface area contributed by atoms with Gasteiger partial charge in [0.2, 0.25) is 10.0 Å². The minimum atomic E-state index is -4.91. The summed E-state index contributed by atoms with van der Waals surface area (Å²) in [6.07, 6.45) is -4.91. The minimum Gasteiger partial charge on any atom is -0.302 e. The molecule has 0 spiro atoms. The standard InChI is InChI=1S/C14H11Cl2F3N2O3S/c1-21-11(16)6-10(7-12(21)22)25(23,24)20-13(14(17,18)19)8-2-4-9(15)5-3-8/h2-7,13,20H,1H3. The highest BCUT2D eigenvalue weighted by Crippen LogP contribution is 2.34. The number of benzene rings is 1. The summed E-state index contributed by atoms with van der Waals surface area (Å²) >= 11 is 11.4. The maximum absolute atomic E-state index is 13.3. The number of alkyl halides is 3. The summed E-state index contributed by atoms with van der Waals surface area (Å²) in [5, 5.41) is -0.0335. The zero-order valence-electron chi connectivity index (χ0n) is 12.5. The van der Waals surface area contributed by atoms with Gasteiger partial charge in [0.15, 0.2) is 0 Å². The van der Waals surface area contributed by atoms with Crippen molar-refractivity contribution < 1.29 is 21.6 Å². The van der Waals surface area contributed by atoms with Gasteiger partial charge in [-0.15, -0.1) is 0 Å². The van der Waals surface area contributed by atoms with Gasteiger partial charge in [-0.1, -0.05) is 35.3 Å². The van der Waals surface area contributed by atoms with E-state index < -0.39 is 32.7 Å². The Balaban J connectivity index is 2.48. The van der Waals surface area contributed by atoms with Crippen LogP contribution in [-0.2, 0) is 17.1 Å². The van der Waals surface area contributed by atoms with E-state index in [9.17, 15) is 26.4 Å². The van der Waals surface area contributed by atoms with E-state index in [1.54, 1.807) is 4.72 Å². The van der Waals surface area contributed by atoms with Crippen molar-refractivity contribution in [3.05, 3.63) is 62.5 Å². The number of sulfonamides is 1. The Hall–Kier alpha value is -1.55. The van der Waals surface area contributed by atoms with Gasteiger partial charge in [-0.05, 0) is 23.8 Å². The Morgan fingerprint density at radius 1 is 1.12 bits per heavy atom. The number of nitrogens with zero attached hydrogens (tertiary/aromatic N) is 1. The molecule has 1 aromatic heterocycles. The molecule has 0 saturated carbocycles. The number of halogens is 5. The maximum Gasteiger partial charge on any atom is 0.408 e. The molecule has 0 amide bonds. The highest BCUT2D eigenvalue weighted by atomic mass is 35.5. The number of hydrogen-bond donors (Lipinski definition) is 1. The topological polar surface area (TPSA) is 68.2 Å². The Bertz CT molecular complexity index is 941. The summed E-state index contributed by atoms with van der Waals surface area (Å²) in [5.74, 6) is 0. The Kier molecular flexibility index (Phi) is 5.53. The molecule has 11 heteroatoms. The van der Waals surface area contributed by atoms with E-state index >= 15 is 0 Å². The minimum absolute atomic E-state index is 0.200. The van der Waals surface area contributed by atoms with E-state index in [1.165, 1.54) is 19.2 Å². The normalized spacial score (nSPS) is 13.7. The number of nitrogens with one attached hydrogen (secondary N) is 1. The maximum atomic E-state index is 13.3. The molecule has 0 bridgehead atoms. The summed E-state index contributed by atoms with van der Waals surface area (Å²) in [5.41, 5.74) is -1.13. The van der Waals surface area contributed by atoms with Crippen LogP contribution in [0.15, 0.2) is 46.1 Å². The van der Waals surface area contributed by atoms with Crippen LogP contribution in [0.3, 0.4) is 0 Å². The van der Waals surface area contributed by atoms with Crippen molar-refractivity contribution in [1.29, 1.82) is 0 Å². The molecule has 5 nitrogen and oxygen atoms in total. The number of aromatic nitrogens is 1. The lowest BCUT2D eigenvalue weighted by Gasteiger charge is -2.22. The molecule has 2 aromatic rings. The van der Waals surface area contributed by atoms with E-state index in [-0.39, 0.29) is 15.7 Å². The van der Waals surface area contributed by atoms with Crippen molar-refractivity contribution in [2.75, 3.05) is 0 Å². The fourth-order valence-electron chi connectivity index (χ4n) is 1.94. The molecule has 1 N–H and O–H groups in total. The number of rotatable bonds is 4. The average molecular weight is 415 g/mol. The molecule has 1 atom stereocenters. The third kappa shape index (κ3) is 4.55. The monoisotopic (exact) mass is 414 g/mol. The molecule has 0 fully saturated rings. The van der Waals surface area contributed by atoms with Crippen LogP contribution >= 0.6 is 23.2 Å². The van der Waals surface area contributed by atoms with Crippen molar-refractivity contribution in [3.63, 3.8) is 0 Å². The highest BCUT2D eigenvalue weighted by molar-refractivity contribution is 7.89. The predicted molar refractivity (Wildman–Crippen MR) is 87.3 cm³/mol. The molecule has 25 heavy (non-hydrogen) atoms. The van der Waals surface area contributed by atoms with Gasteiger partial charge in [-0.2, -0.15) is 17.9 Å².